The van der Waals surface area contributed by atoms with Crippen LogP contribution in [0.1, 0.15) is 43.0 Å². The van der Waals surface area contributed by atoms with Crippen molar-refractivity contribution in [3.8, 4) is 0 Å². The van der Waals surface area contributed by atoms with E-state index in [1.807, 2.05) is 14.0 Å². The number of hydrogen-bond donors (Lipinski definition) is 2. The van der Waals surface area contributed by atoms with Gasteiger partial charge in [0.15, 0.2) is 0 Å². The third-order valence-electron chi connectivity index (χ3n) is 4.44. The summed E-state index contributed by atoms with van der Waals surface area (Å²) in [6, 6.07) is 0. The van der Waals surface area contributed by atoms with Crippen LogP contribution in [0.4, 0.5) is 11.6 Å². The number of rotatable bonds is 4. The number of nitrogens with zero attached hydrogens (tertiary/aromatic N) is 3. The van der Waals surface area contributed by atoms with Crippen LogP contribution in [-0.4, -0.2) is 36.0 Å². The summed E-state index contributed by atoms with van der Waals surface area (Å²) >= 11 is 0. The van der Waals surface area contributed by atoms with Gasteiger partial charge in [-0.3, -0.25) is 4.79 Å². The molecule has 0 spiro atoms. The predicted octanol–water partition coefficient (Wildman–Crippen LogP) is 1.41. The Balaban J connectivity index is 1.92. The van der Waals surface area contributed by atoms with Gasteiger partial charge in [0.25, 0.3) is 0 Å². The molecule has 114 valence electrons. The maximum Gasteiger partial charge on any atom is 0.222 e. The number of carbonyl (C=O) groups is 1. The van der Waals surface area contributed by atoms with Crippen LogP contribution in [0, 0.1) is 12.8 Å². The van der Waals surface area contributed by atoms with Crippen LogP contribution in [-0.2, 0) is 4.79 Å². The number of hydrogen-bond acceptors (Lipinski definition) is 5. The van der Waals surface area contributed by atoms with Crippen molar-refractivity contribution in [1.82, 2.24) is 9.97 Å². The molecule has 2 fully saturated rings. The normalized spacial score (nSPS) is 22.2. The Bertz CT molecular complexity index is 555. The molecule has 1 aliphatic carbocycles. The number of primary amides is 1. The zero-order valence-corrected chi connectivity index (χ0v) is 12.7. The van der Waals surface area contributed by atoms with Crippen LogP contribution in [0.5, 0.6) is 0 Å². The number of nitrogens with one attached hydrogen (secondary N) is 1. The molecule has 1 aromatic heterocycles. The van der Waals surface area contributed by atoms with Crippen molar-refractivity contribution in [2.24, 2.45) is 11.7 Å². The highest BCUT2D eigenvalue weighted by molar-refractivity contribution is 5.77. The minimum absolute atomic E-state index is 0.0736. The van der Waals surface area contributed by atoms with Gasteiger partial charge in [-0.1, -0.05) is 0 Å². The van der Waals surface area contributed by atoms with Gasteiger partial charge in [0.1, 0.15) is 17.5 Å². The highest BCUT2D eigenvalue weighted by Gasteiger charge is 2.31. The molecule has 3 N–H and O–H groups in total. The molecule has 1 saturated carbocycles. The van der Waals surface area contributed by atoms with Crippen molar-refractivity contribution in [2.75, 3.05) is 30.4 Å². The first kappa shape index (κ1) is 14.1. The number of carbonyl (C=O) groups excluding carboxylic acids is 1. The average molecular weight is 289 g/mol. The van der Waals surface area contributed by atoms with Crippen LogP contribution in [0.15, 0.2) is 0 Å². The van der Waals surface area contributed by atoms with Gasteiger partial charge >= 0.3 is 0 Å². The van der Waals surface area contributed by atoms with Gasteiger partial charge in [-0.25, -0.2) is 9.97 Å². The number of nitrogens with two attached hydrogens (primary N) is 1. The lowest BCUT2D eigenvalue weighted by Gasteiger charge is -2.33. The molecule has 0 bridgehead atoms. The zero-order chi connectivity index (χ0) is 15.0. The van der Waals surface area contributed by atoms with Crippen molar-refractivity contribution in [3.05, 3.63) is 11.4 Å². The smallest absolute Gasteiger partial charge is 0.222 e. The fraction of sp³-hybridized carbons (Fsp3) is 0.667. The molecule has 0 aromatic carbocycles. The second-order valence-corrected chi connectivity index (χ2v) is 6.09. The quantitative estimate of drug-likeness (QED) is 0.875. The molecule has 6 nitrogen and oxygen atoms in total. The molecule has 1 unspecified atom stereocenters. The Morgan fingerprint density at radius 3 is 2.71 bits per heavy atom. The molecule has 2 heterocycles. The topological polar surface area (TPSA) is 84.1 Å². The highest BCUT2D eigenvalue weighted by Crippen LogP contribution is 2.40. The Labute approximate surface area is 125 Å². The van der Waals surface area contributed by atoms with Gasteiger partial charge in [-0.15, -0.1) is 0 Å². The van der Waals surface area contributed by atoms with Crippen molar-refractivity contribution in [3.63, 3.8) is 0 Å². The minimum Gasteiger partial charge on any atom is -0.373 e. The summed E-state index contributed by atoms with van der Waals surface area (Å²) in [5.41, 5.74) is 6.53. The van der Waals surface area contributed by atoms with E-state index >= 15 is 0 Å². The maximum absolute atomic E-state index is 11.5. The van der Waals surface area contributed by atoms with Gasteiger partial charge in [0.2, 0.25) is 5.91 Å². The fourth-order valence-electron chi connectivity index (χ4n) is 3.00. The van der Waals surface area contributed by atoms with E-state index in [0.29, 0.717) is 12.5 Å². The lowest BCUT2D eigenvalue weighted by Crippen LogP contribution is -2.42. The van der Waals surface area contributed by atoms with Crippen LogP contribution < -0.4 is 16.0 Å². The Kier molecular flexibility index (Phi) is 3.69. The monoisotopic (exact) mass is 289 g/mol. The summed E-state index contributed by atoms with van der Waals surface area (Å²) in [5.74, 6) is 3.01. The van der Waals surface area contributed by atoms with Crippen LogP contribution in [0.3, 0.4) is 0 Å². The number of anilines is 2. The summed E-state index contributed by atoms with van der Waals surface area (Å²) in [6.07, 6.45) is 4.21. The Morgan fingerprint density at radius 1 is 1.33 bits per heavy atom. The molecule has 1 atom stereocenters. The first-order valence-corrected chi connectivity index (χ1v) is 7.70. The molecule has 2 aliphatic rings. The first-order valence-electron chi connectivity index (χ1n) is 7.70. The number of piperidine rings is 1. The van der Waals surface area contributed by atoms with Crippen LogP contribution >= 0.6 is 0 Å². The van der Waals surface area contributed by atoms with E-state index in [9.17, 15) is 4.79 Å². The summed E-state index contributed by atoms with van der Waals surface area (Å²) < 4.78 is 0. The summed E-state index contributed by atoms with van der Waals surface area (Å²) in [6.45, 7) is 3.63. The van der Waals surface area contributed by atoms with E-state index in [4.69, 9.17) is 10.7 Å². The molecule has 1 amide bonds. The lowest BCUT2D eigenvalue weighted by atomic mass is 9.97. The SMILES string of the molecule is CNc1nc(C2CC2)nc(N2CCCC(C(N)=O)C2)c1C. The molecule has 1 saturated heterocycles. The predicted molar refractivity (Wildman–Crippen MR) is 82.4 cm³/mol. The molecular weight excluding hydrogens is 266 g/mol. The minimum atomic E-state index is -0.206. The Morgan fingerprint density at radius 2 is 2.10 bits per heavy atom. The summed E-state index contributed by atoms with van der Waals surface area (Å²) in [7, 11) is 1.89. The van der Waals surface area contributed by atoms with Crippen molar-refractivity contribution in [2.45, 2.75) is 38.5 Å². The number of aromatic nitrogens is 2. The molecule has 0 radical (unpaired) electrons. The van der Waals surface area contributed by atoms with Gasteiger partial charge < -0.3 is 16.0 Å². The van der Waals surface area contributed by atoms with Gasteiger partial charge in [-0.2, -0.15) is 0 Å². The van der Waals surface area contributed by atoms with Gasteiger partial charge in [0, 0.05) is 31.6 Å². The van der Waals surface area contributed by atoms with Crippen molar-refractivity contribution in [1.29, 1.82) is 0 Å². The van der Waals surface area contributed by atoms with Crippen molar-refractivity contribution >= 4 is 17.5 Å². The van der Waals surface area contributed by atoms with Crippen LogP contribution in [0.25, 0.3) is 0 Å². The fourth-order valence-corrected chi connectivity index (χ4v) is 3.00. The van der Waals surface area contributed by atoms with E-state index in [1.54, 1.807) is 0 Å². The third kappa shape index (κ3) is 2.80. The van der Waals surface area contributed by atoms with E-state index in [2.05, 4.69) is 15.2 Å². The first-order chi connectivity index (χ1) is 10.1. The molecular formula is C15H23N5O. The molecule has 1 aliphatic heterocycles. The van der Waals surface area contributed by atoms with Gasteiger partial charge in [0.05, 0.1) is 5.92 Å². The van der Waals surface area contributed by atoms with E-state index < -0.39 is 0 Å². The average Bonchev–Trinajstić information content (AvgIpc) is 3.32. The summed E-state index contributed by atoms with van der Waals surface area (Å²) in [4.78, 5) is 23.1. The zero-order valence-electron chi connectivity index (χ0n) is 12.7. The van der Waals surface area contributed by atoms with Crippen molar-refractivity contribution < 1.29 is 4.79 Å². The van der Waals surface area contributed by atoms with Crippen LogP contribution in [0.2, 0.25) is 0 Å². The molecule has 3 rings (SSSR count). The highest BCUT2D eigenvalue weighted by atomic mass is 16.1. The molecule has 6 heteroatoms. The Hall–Kier alpha value is -1.85. The van der Waals surface area contributed by atoms with E-state index in [1.165, 1.54) is 12.8 Å². The second kappa shape index (κ2) is 5.50. The standard InChI is InChI=1S/C15H23N5O/c1-9-13(17-2)18-14(10-5-6-10)19-15(9)20-7-3-4-11(8-20)12(16)21/h10-11H,3-8H2,1-2H3,(H2,16,21)(H,17,18,19). The van der Waals surface area contributed by atoms with E-state index in [0.717, 1.165) is 42.4 Å². The van der Waals surface area contributed by atoms with Gasteiger partial charge in [-0.05, 0) is 32.6 Å². The molecule has 1 aromatic rings. The lowest BCUT2D eigenvalue weighted by molar-refractivity contribution is -0.122. The second-order valence-electron chi connectivity index (χ2n) is 6.09. The third-order valence-corrected chi connectivity index (χ3v) is 4.44. The van der Waals surface area contributed by atoms with E-state index in [-0.39, 0.29) is 11.8 Å². The maximum atomic E-state index is 11.5. The number of amides is 1. The molecule has 21 heavy (non-hydrogen) atoms. The largest absolute Gasteiger partial charge is 0.373 e. The summed E-state index contributed by atoms with van der Waals surface area (Å²) in [5, 5.41) is 3.16.